The molecule has 2 atom stereocenters. The first-order chi connectivity index (χ1) is 15.8. The molecular formula is C24H23Cl2N3O4. The molecule has 1 heterocycles. The number of hydrogen-bond donors (Lipinski definition) is 2. The van der Waals surface area contributed by atoms with E-state index in [1.165, 1.54) is 12.3 Å². The minimum Gasteiger partial charge on any atom is -0.479 e. The third-order valence-electron chi connectivity index (χ3n) is 4.61. The monoisotopic (exact) mass is 487 g/mol. The summed E-state index contributed by atoms with van der Waals surface area (Å²) < 4.78 is 11.0. The Morgan fingerprint density at radius 3 is 2.52 bits per heavy atom. The van der Waals surface area contributed by atoms with Crippen LogP contribution >= 0.6 is 23.2 Å². The number of amides is 2. The van der Waals surface area contributed by atoms with Gasteiger partial charge in [-0.15, -0.1) is 0 Å². The molecular weight excluding hydrogens is 465 g/mol. The van der Waals surface area contributed by atoms with Gasteiger partial charge in [-0.3, -0.25) is 9.59 Å². The van der Waals surface area contributed by atoms with E-state index in [0.29, 0.717) is 16.5 Å². The van der Waals surface area contributed by atoms with Gasteiger partial charge < -0.3 is 14.5 Å². The van der Waals surface area contributed by atoms with Gasteiger partial charge in [0.2, 0.25) is 0 Å². The van der Waals surface area contributed by atoms with Crippen LogP contribution in [0.3, 0.4) is 0 Å². The second kappa shape index (κ2) is 11.5. The Morgan fingerprint density at radius 1 is 1.09 bits per heavy atom. The van der Waals surface area contributed by atoms with Crippen LogP contribution in [0.15, 0.2) is 70.2 Å². The van der Waals surface area contributed by atoms with Crippen molar-refractivity contribution in [1.82, 2.24) is 10.7 Å². The lowest BCUT2D eigenvalue weighted by Crippen LogP contribution is -2.50. The number of benzene rings is 2. The Kier molecular flexibility index (Phi) is 8.52. The van der Waals surface area contributed by atoms with E-state index in [2.05, 4.69) is 15.8 Å². The second-order valence-electron chi connectivity index (χ2n) is 7.27. The molecule has 1 aromatic heterocycles. The van der Waals surface area contributed by atoms with Gasteiger partial charge in [-0.05, 0) is 49.7 Å². The summed E-state index contributed by atoms with van der Waals surface area (Å²) in [6, 6.07) is 16.7. The van der Waals surface area contributed by atoms with Gasteiger partial charge in [0.05, 0.1) is 11.2 Å². The highest BCUT2D eigenvalue weighted by Gasteiger charge is 2.25. The maximum atomic E-state index is 12.8. The Labute approximate surface area is 201 Å². The van der Waals surface area contributed by atoms with Crippen LogP contribution in [0.1, 0.15) is 24.0 Å². The molecule has 0 aliphatic rings. The van der Waals surface area contributed by atoms with Crippen LogP contribution in [-0.2, 0) is 16.0 Å². The molecule has 7 nitrogen and oxygen atoms in total. The Hall–Kier alpha value is -3.29. The van der Waals surface area contributed by atoms with E-state index >= 15 is 0 Å². The SMILES string of the molecule is Cc1ccc(/C=N\NC(=O)[C@@H](Cc2ccccc2)NC(=O)[C@@H](C)Oc2ccc(Cl)cc2Cl)o1. The third-order valence-corrected chi connectivity index (χ3v) is 5.14. The Bertz CT molecular complexity index is 1130. The first-order valence-electron chi connectivity index (χ1n) is 10.2. The summed E-state index contributed by atoms with van der Waals surface area (Å²) in [6.07, 6.45) is 0.743. The van der Waals surface area contributed by atoms with E-state index < -0.39 is 24.0 Å². The van der Waals surface area contributed by atoms with Gasteiger partial charge >= 0.3 is 0 Å². The molecule has 2 N–H and O–H groups in total. The standard InChI is InChI=1S/C24H23Cl2N3O4/c1-15-8-10-19(32-15)14-27-29-24(31)21(12-17-6-4-3-5-7-17)28-23(30)16(2)33-22-11-9-18(25)13-20(22)26/h3-11,13-14,16,21H,12H2,1-2H3,(H,28,30)(H,29,31)/b27-14-/t16-,21-/m1/s1. The molecule has 2 amide bonds. The van der Waals surface area contributed by atoms with E-state index in [1.54, 1.807) is 31.2 Å². The Morgan fingerprint density at radius 2 is 1.85 bits per heavy atom. The predicted octanol–water partition coefficient (Wildman–Crippen LogP) is 4.54. The van der Waals surface area contributed by atoms with Crippen molar-refractivity contribution in [2.24, 2.45) is 5.10 Å². The van der Waals surface area contributed by atoms with Crippen LogP contribution in [0, 0.1) is 6.92 Å². The summed E-state index contributed by atoms with van der Waals surface area (Å²) in [4.78, 5) is 25.6. The topological polar surface area (TPSA) is 92.9 Å². The highest BCUT2D eigenvalue weighted by molar-refractivity contribution is 6.35. The number of aryl methyl sites for hydroxylation is 1. The van der Waals surface area contributed by atoms with Crippen molar-refractivity contribution in [2.75, 3.05) is 0 Å². The summed E-state index contributed by atoms with van der Waals surface area (Å²) in [5, 5.41) is 7.39. The molecule has 33 heavy (non-hydrogen) atoms. The lowest BCUT2D eigenvalue weighted by atomic mass is 10.1. The highest BCUT2D eigenvalue weighted by atomic mass is 35.5. The number of nitrogens with zero attached hydrogens (tertiary/aromatic N) is 1. The maximum absolute atomic E-state index is 12.8. The van der Waals surface area contributed by atoms with Crippen molar-refractivity contribution in [3.05, 3.63) is 87.8 Å². The van der Waals surface area contributed by atoms with E-state index in [9.17, 15) is 9.59 Å². The lowest BCUT2D eigenvalue weighted by molar-refractivity contribution is -0.132. The van der Waals surface area contributed by atoms with Crippen molar-refractivity contribution in [3.63, 3.8) is 0 Å². The molecule has 0 aliphatic carbocycles. The van der Waals surface area contributed by atoms with E-state index in [0.717, 1.165) is 11.3 Å². The van der Waals surface area contributed by atoms with Gasteiger partial charge in [0, 0.05) is 11.4 Å². The van der Waals surface area contributed by atoms with Gasteiger partial charge in [0.1, 0.15) is 23.3 Å². The zero-order valence-corrected chi connectivity index (χ0v) is 19.6. The largest absolute Gasteiger partial charge is 0.479 e. The van der Waals surface area contributed by atoms with E-state index in [-0.39, 0.29) is 11.4 Å². The zero-order valence-electron chi connectivity index (χ0n) is 18.0. The molecule has 0 aliphatic heterocycles. The highest BCUT2D eigenvalue weighted by Crippen LogP contribution is 2.28. The van der Waals surface area contributed by atoms with E-state index in [4.69, 9.17) is 32.4 Å². The second-order valence-corrected chi connectivity index (χ2v) is 8.11. The number of rotatable bonds is 9. The number of nitrogens with one attached hydrogen (secondary N) is 2. The molecule has 0 bridgehead atoms. The van der Waals surface area contributed by atoms with Gasteiger partial charge in [0.25, 0.3) is 11.8 Å². The molecule has 172 valence electrons. The minimum atomic E-state index is -0.913. The van der Waals surface area contributed by atoms with Crippen LogP contribution in [0.25, 0.3) is 0 Å². The Balaban J connectivity index is 1.67. The summed E-state index contributed by atoms with van der Waals surface area (Å²) in [5.41, 5.74) is 3.32. The number of carbonyl (C=O) groups excluding carboxylic acids is 2. The number of hydrogen-bond acceptors (Lipinski definition) is 5. The molecule has 0 saturated carbocycles. The molecule has 0 fully saturated rings. The zero-order chi connectivity index (χ0) is 23.8. The van der Waals surface area contributed by atoms with Gasteiger partial charge in [-0.2, -0.15) is 5.10 Å². The number of furan rings is 1. The van der Waals surface area contributed by atoms with Crippen LogP contribution in [-0.4, -0.2) is 30.2 Å². The first-order valence-corrected chi connectivity index (χ1v) is 10.9. The quantitative estimate of drug-likeness (QED) is 0.342. The van der Waals surface area contributed by atoms with Crippen molar-refractivity contribution in [2.45, 2.75) is 32.4 Å². The number of halogens is 2. The number of hydrazone groups is 1. The van der Waals surface area contributed by atoms with Crippen molar-refractivity contribution in [1.29, 1.82) is 0 Å². The molecule has 0 unspecified atom stereocenters. The van der Waals surface area contributed by atoms with Crippen molar-refractivity contribution < 1.29 is 18.7 Å². The van der Waals surface area contributed by atoms with Crippen molar-refractivity contribution in [3.8, 4) is 5.75 Å². The summed E-state index contributed by atoms with van der Waals surface area (Å²) in [6.45, 7) is 3.37. The molecule has 0 saturated heterocycles. The molecule has 2 aromatic carbocycles. The summed E-state index contributed by atoms with van der Waals surface area (Å²) >= 11 is 12.0. The fraction of sp³-hybridized carbons (Fsp3) is 0.208. The first kappa shape index (κ1) is 24.4. The van der Waals surface area contributed by atoms with Crippen LogP contribution in [0.5, 0.6) is 5.75 Å². The average molecular weight is 488 g/mol. The lowest BCUT2D eigenvalue weighted by Gasteiger charge is -2.21. The molecule has 3 aromatic rings. The molecule has 9 heteroatoms. The summed E-state index contributed by atoms with van der Waals surface area (Å²) in [5.74, 6) is 0.572. The number of ether oxygens (including phenoxy) is 1. The predicted molar refractivity (Wildman–Crippen MR) is 128 cm³/mol. The van der Waals surface area contributed by atoms with Crippen molar-refractivity contribution >= 4 is 41.2 Å². The van der Waals surface area contributed by atoms with Gasteiger partial charge in [-0.1, -0.05) is 53.5 Å². The van der Waals surface area contributed by atoms with Crippen LogP contribution in [0.4, 0.5) is 0 Å². The van der Waals surface area contributed by atoms with Crippen LogP contribution < -0.4 is 15.5 Å². The minimum absolute atomic E-state index is 0.266. The summed E-state index contributed by atoms with van der Waals surface area (Å²) in [7, 11) is 0. The smallest absolute Gasteiger partial charge is 0.262 e. The van der Waals surface area contributed by atoms with Gasteiger partial charge in [-0.25, -0.2) is 5.43 Å². The molecule has 0 spiro atoms. The average Bonchev–Trinajstić information content (AvgIpc) is 3.20. The molecule has 3 rings (SSSR count). The fourth-order valence-electron chi connectivity index (χ4n) is 2.92. The van der Waals surface area contributed by atoms with Crippen LogP contribution in [0.2, 0.25) is 10.0 Å². The maximum Gasteiger partial charge on any atom is 0.262 e. The van der Waals surface area contributed by atoms with E-state index in [1.807, 2.05) is 37.3 Å². The fourth-order valence-corrected chi connectivity index (χ4v) is 3.38. The normalized spacial score (nSPS) is 12.8. The third kappa shape index (κ3) is 7.37. The number of carbonyl (C=O) groups is 2. The van der Waals surface area contributed by atoms with Gasteiger partial charge in [0.15, 0.2) is 6.10 Å². The molecule has 0 radical (unpaired) electrons.